The third-order valence-electron chi connectivity index (χ3n) is 2.90. The van der Waals surface area contributed by atoms with E-state index in [1.165, 1.54) is 0 Å². The average molecular weight is 297 g/mol. The molecule has 7 nitrogen and oxygen atoms in total. The summed E-state index contributed by atoms with van der Waals surface area (Å²) in [4.78, 5) is 24.5. The van der Waals surface area contributed by atoms with Crippen molar-refractivity contribution in [1.82, 2.24) is 9.55 Å². The van der Waals surface area contributed by atoms with Crippen LogP contribution in [0.1, 0.15) is 8.97 Å². The van der Waals surface area contributed by atoms with Crippen LogP contribution in [0.3, 0.4) is 0 Å². The van der Waals surface area contributed by atoms with E-state index in [1.54, 1.807) is 0 Å². The normalized spacial score (nSPS) is 36.9. The minimum atomic E-state index is -3.15. The number of alkyl halides is 2. The highest BCUT2D eigenvalue weighted by Crippen LogP contribution is 2.38. The van der Waals surface area contributed by atoms with E-state index < -0.39 is 47.8 Å². The third-order valence-corrected chi connectivity index (χ3v) is 3.29. The van der Waals surface area contributed by atoms with Crippen LogP contribution < -0.4 is 11.2 Å². The molecule has 106 valence electrons. The van der Waals surface area contributed by atoms with Crippen molar-refractivity contribution >= 4 is 11.6 Å². The first-order valence-electron chi connectivity index (χ1n) is 6.24. The molecule has 2 heterocycles. The first kappa shape index (κ1) is 11.6. The van der Waals surface area contributed by atoms with Gasteiger partial charge >= 0.3 is 5.69 Å². The van der Waals surface area contributed by atoms with E-state index in [1.807, 2.05) is 4.98 Å². The number of halogens is 2. The Morgan fingerprint density at radius 3 is 2.84 bits per heavy atom. The smallest absolute Gasteiger partial charge is 0.330 e. The van der Waals surface area contributed by atoms with E-state index in [4.69, 9.17) is 19.1 Å². The first-order valence-corrected chi connectivity index (χ1v) is 5.77. The zero-order valence-electron chi connectivity index (χ0n) is 11.4. The Hall–Kier alpha value is -1.22. The number of hydrogen-bond donors (Lipinski definition) is 3. The van der Waals surface area contributed by atoms with Crippen LogP contribution in [-0.2, 0) is 4.74 Å². The number of H-pyrrole nitrogens is 1. The molecule has 0 bridgehead atoms. The second-order valence-electron chi connectivity index (χ2n) is 4.05. The molecule has 4 atom stereocenters. The van der Waals surface area contributed by atoms with Crippen LogP contribution in [0.4, 0.5) is 4.39 Å². The number of hydrogen-bond acceptors (Lipinski definition) is 5. The van der Waals surface area contributed by atoms with Gasteiger partial charge in [0.2, 0.25) is 0 Å². The van der Waals surface area contributed by atoms with Gasteiger partial charge in [0.15, 0.2) is 12.4 Å². The first-order chi connectivity index (χ1) is 9.64. The summed E-state index contributed by atoms with van der Waals surface area (Å²) in [6, 6.07) is 0.929. The van der Waals surface area contributed by atoms with Gasteiger partial charge in [-0.2, -0.15) is 0 Å². The van der Waals surface area contributed by atoms with Crippen molar-refractivity contribution in [3.63, 3.8) is 0 Å². The molecule has 1 aromatic heterocycles. The number of aliphatic hydroxyl groups excluding tert-OH is 1. The fraction of sp³-hybridized carbons (Fsp3) is 0.600. The summed E-state index contributed by atoms with van der Waals surface area (Å²) < 4.78 is 34.4. The molecule has 1 aromatic rings. The van der Waals surface area contributed by atoms with Crippen LogP contribution in [0.25, 0.3) is 0 Å². The van der Waals surface area contributed by atoms with E-state index >= 15 is 0 Å². The summed E-state index contributed by atoms with van der Waals surface area (Å²) in [5.41, 5.74) is -4.17. The van der Waals surface area contributed by atoms with Gasteiger partial charge in [0.25, 0.3) is 5.56 Å². The summed E-state index contributed by atoms with van der Waals surface area (Å²) in [6.07, 6.45) is -5.17. The highest BCUT2D eigenvalue weighted by molar-refractivity contribution is 6.18. The van der Waals surface area contributed by atoms with Crippen molar-refractivity contribution in [2.75, 3.05) is 12.4 Å². The Balaban J connectivity index is 2.49. The Morgan fingerprint density at radius 2 is 2.37 bits per heavy atom. The van der Waals surface area contributed by atoms with E-state index in [-0.39, 0.29) is 0 Å². The van der Waals surface area contributed by atoms with Crippen LogP contribution >= 0.6 is 11.6 Å². The molecule has 2 rings (SSSR count). The lowest BCUT2D eigenvalue weighted by molar-refractivity contribution is -0.115. The number of ether oxygens (including phenoxy) is 1. The number of nitrogens with one attached hydrogen (secondary N) is 1. The predicted molar refractivity (Wildman–Crippen MR) is 62.9 cm³/mol. The SMILES string of the molecule is [2H]C([2H])(O)[C@@]1(CCl)O[C@@H](n2ccc(=O)[nH]c2=O)[C@H](F)[C@@H]1O. The maximum absolute atomic E-state index is 14.2. The van der Waals surface area contributed by atoms with Gasteiger partial charge in [-0.05, 0) is 0 Å². The molecule has 0 aliphatic carbocycles. The fourth-order valence-electron chi connectivity index (χ4n) is 1.83. The Labute approximate surface area is 114 Å². The molecular formula is C10H12ClFN2O5. The molecule has 0 unspecified atom stereocenters. The second kappa shape index (κ2) is 5.04. The summed E-state index contributed by atoms with van der Waals surface area (Å²) in [5.74, 6) is -0.757. The van der Waals surface area contributed by atoms with Gasteiger partial charge in [-0.1, -0.05) is 0 Å². The van der Waals surface area contributed by atoms with Gasteiger partial charge < -0.3 is 14.9 Å². The summed E-state index contributed by atoms with van der Waals surface area (Å²) in [6.45, 7) is -3.15. The van der Waals surface area contributed by atoms with Crippen molar-refractivity contribution in [2.45, 2.75) is 24.1 Å². The number of aromatic nitrogens is 2. The van der Waals surface area contributed by atoms with Gasteiger partial charge in [-0.3, -0.25) is 14.3 Å². The summed E-state index contributed by atoms with van der Waals surface area (Å²) in [5, 5.41) is 19.3. The second-order valence-corrected chi connectivity index (χ2v) is 4.32. The molecule has 0 spiro atoms. The van der Waals surface area contributed by atoms with Crippen LogP contribution in [0.15, 0.2) is 21.9 Å². The zero-order chi connectivity index (χ0) is 16.0. The molecule has 0 saturated carbocycles. The molecule has 3 N–H and O–H groups in total. The standard InChI is InChI=1S/C10H12ClFN2O5/c11-3-10(4-15)7(17)6(12)8(19-10)14-2-1-5(16)13-9(14)18/h1-2,6-8,15,17H,3-4H2,(H,13,16,18)/t6-,7+,8-,10-/m1/s1/i4D2. The average Bonchev–Trinajstić information content (AvgIpc) is 2.63. The zero-order valence-corrected chi connectivity index (χ0v) is 10.2. The van der Waals surface area contributed by atoms with E-state index in [2.05, 4.69) is 0 Å². The quantitative estimate of drug-likeness (QED) is 0.604. The topological polar surface area (TPSA) is 105 Å². The molecule has 0 aromatic carbocycles. The third kappa shape index (κ3) is 2.20. The largest absolute Gasteiger partial charge is 0.393 e. The van der Waals surface area contributed by atoms with Gasteiger partial charge in [-0.15, -0.1) is 11.6 Å². The van der Waals surface area contributed by atoms with Gasteiger partial charge in [0.05, 0.1) is 15.2 Å². The molecule has 1 saturated heterocycles. The lowest BCUT2D eigenvalue weighted by Gasteiger charge is -2.26. The van der Waals surface area contributed by atoms with Gasteiger partial charge in [0, 0.05) is 12.3 Å². The number of nitrogens with zero attached hydrogens (tertiary/aromatic N) is 1. The molecule has 1 aliphatic heterocycles. The van der Waals surface area contributed by atoms with Gasteiger partial charge in [0.1, 0.15) is 11.7 Å². The van der Waals surface area contributed by atoms with Crippen molar-refractivity contribution in [2.24, 2.45) is 0 Å². The highest BCUT2D eigenvalue weighted by Gasteiger charge is 2.55. The minimum Gasteiger partial charge on any atom is -0.393 e. The Morgan fingerprint density at radius 1 is 1.68 bits per heavy atom. The summed E-state index contributed by atoms with van der Waals surface area (Å²) in [7, 11) is 0. The number of aliphatic hydroxyl groups is 2. The fourth-order valence-corrected chi connectivity index (χ4v) is 2.11. The van der Waals surface area contributed by atoms with Crippen molar-refractivity contribution in [3.05, 3.63) is 33.1 Å². The summed E-state index contributed by atoms with van der Waals surface area (Å²) >= 11 is 5.53. The van der Waals surface area contributed by atoms with Crippen LogP contribution in [-0.4, -0.2) is 50.1 Å². The van der Waals surface area contributed by atoms with Gasteiger partial charge in [-0.25, -0.2) is 9.18 Å². The van der Waals surface area contributed by atoms with Crippen LogP contribution in [0.2, 0.25) is 0 Å². The maximum Gasteiger partial charge on any atom is 0.330 e. The Bertz CT molecular complexity index is 647. The molecular weight excluding hydrogens is 283 g/mol. The molecule has 19 heavy (non-hydrogen) atoms. The number of aromatic amines is 1. The van der Waals surface area contributed by atoms with Crippen molar-refractivity contribution in [3.8, 4) is 0 Å². The monoisotopic (exact) mass is 296 g/mol. The number of rotatable bonds is 3. The molecule has 1 fully saturated rings. The van der Waals surface area contributed by atoms with Crippen molar-refractivity contribution in [1.29, 1.82) is 0 Å². The van der Waals surface area contributed by atoms with Crippen LogP contribution in [0, 0.1) is 0 Å². The van der Waals surface area contributed by atoms with E-state index in [0.717, 1.165) is 12.3 Å². The van der Waals surface area contributed by atoms with E-state index in [0.29, 0.717) is 4.57 Å². The minimum absolute atomic E-state index is 0.634. The lowest BCUT2D eigenvalue weighted by Crippen LogP contribution is -2.47. The molecule has 1 aliphatic rings. The van der Waals surface area contributed by atoms with Crippen molar-refractivity contribution < 1.29 is 22.1 Å². The Kier molecular flexibility index (Phi) is 3.08. The maximum atomic E-state index is 14.2. The molecule has 0 radical (unpaired) electrons. The molecule has 0 amide bonds. The lowest BCUT2D eigenvalue weighted by atomic mass is 9.99. The van der Waals surface area contributed by atoms with Crippen LogP contribution in [0.5, 0.6) is 0 Å². The van der Waals surface area contributed by atoms with E-state index in [9.17, 15) is 24.2 Å². The predicted octanol–water partition coefficient (Wildman–Crippen LogP) is -1.27. The molecule has 9 heteroatoms. The highest BCUT2D eigenvalue weighted by atomic mass is 35.5.